The SMILES string of the molecule is CC(=O)N[C@H]1[C@H]([C@H](O)[C@H](O)CO)O[C@@](O[C@H](CO)[C@@H](O)[C@@H]2O[C@@](OC[C@H]3O[C@@H](O)[C@H](O)[C@@H](O)[C@@H]3O)(C(=O)O)C[C@H](O)[C@H]2NC(C)=O)(C(=O)O)C[C@@H]1O. The van der Waals surface area contributed by atoms with Gasteiger partial charge in [-0.05, 0) is 0 Å². The molecule has 15 N–H and O–H groups in total. The second-order valence-corrected chi connectivity index (χ2v) is 12.7. The predicted octanol–water partition coefficient (Wildman–Crippen LogP) is -8.87. The van der Waals surface area contributed by atoms with Crippen LogP contribution in [0.15, 0.2) is 0 Å². The van der Waals surface area contributed by atoms with Gasteiger partial charge in [0.1, 0.15) is 61.0 Å². The molecule has 24 heteroatoms. The number of amides is 2. The van der Waals surface area contributed by atoms with E-state index in [-0.39, 0.29) is 0 Å². The Balaban J connectivity index is 1.99. The molecule has 52 heavy (non-hydrogen) atoms. The molecular weight excluding hydrogens is 716 g/mol. The maximum Gasteiger partial charge on any atom is 0.364 e. The first-order valence-corrected chi connectivity index (χ1v) is 15.8. The lowest BCUT2D eigenvalue weighted by atomic mass is 9.87. The Labute approximate surface area is 293 Å². The fourth-order valence-corrected chi connectivity index (χ4v) is 6.16. The van der Waals surface area contributed by atoms with Gasteiger partial charge in [-0.2, -0.15) is 0 Å². The van der Waals surface area contributed by atoms with Gasteiger partial charge in [-0.3, -0.25) is 9.59 Å². The Hall–Kier alpha value is -2.76. The molecule has 3 aliphatic heterocycles. The maximum atomic E-state index is 12.7. The molecule has 0 spiro atoms. The van der Waals surface area contributed by atoms with E-state index < -0.39 is 160 Å². The molecule has 0 aromatic carbocycles. The average Bonchev–Trinajstić information content (AvgIpc) is 3.07. The number of hydrogen-bond acceptors (Lipinski definition) is 20. The largest absolute Gasteiger partial charge is 0.477 e. The van der Waals surface area contributed by atoms with E-state index >= 15 is 0 Å². The number of aliphatic hydroxyl groups excluding tert-OH is 11. The molecule has 3 aliphatic rings. The fraction of sp³-hybridized carbons (Fsp3) is 0.857. The lowest BCUT2D eigenvalue weighted by Gasteiger charge is -2.49. The van der Waals surface area contributed by atoms with Gasteiger partial charge in [-0.1, -0.05) is 0 Å². The molecule has 0 aromatic rings. The highest BCUT2D eigenvalue weighted by Crippen LogP contribution is 2.38. The number of hydrogen-bond donors (Lipinski definition) is 15. The molecule has 0 bridgehead atoms. The molecule has 0 radical (unpaired) electrons. The normalized spacial score (nSPS) is 40.5. The van der Waals surface area contributed by atoms with Gasteiger partial charge in [-0.25, -0.2) is 9.59 Å². The first-order valence-electron chi connectivity index (χ1n) is 15.8. The predicted molar refractivity (Wildman–Crippen MR) is 159 cm³/mol. The van der Waals surface area contributed by atoms with E-state index in [2.05, 4.69) is 10.6 Å². The number of carbonyl (C=O) groups excluding carboxylic acids is 2. The molecule has 0 aliphatic carbocycles. The number of carboxylic acid groups (broad SMARTS) is 2. The first-order chi connectivity index (χ1) is 24.1. The summed E-state index contributed by atoms with van der Waals surface area (Å²) in [5.41, 5.74) is 0. The highest BCUT2D eigenvalue weighted by atomic mass is 16.8. The second kappa shape index (κ2) is 17.6. The van der Waals surface area contributed by atoms with Gasteiger partial charge in [-0.15, -0.1) is 0 Å². The summed E-state index contributed by atoms with van der Waals surface area (Å²) in [6.45, 7) is -1.49. The van der Waals surface area contributed by atoms with Gasteiger partial charge in [0, 0.05) is 26.7 Å². The van der Waals surface area contributed by atoms with Crippen molar-refractivity contribution in [1.29, 1.82) is 0 Å². The van der Waals surface area contributed by atoms with E-state index in [1.165, 1.54) is 0 Å². The Bertz CT molecular complexity index is 1260. The van der Waals surface area contributed by atoms with Crippen molar-refractivity contribution in [2.24, 2.45) is 0 Å². The van der Waals surface area contributed by atoms with Gasteiger partial charge in [0.05, 0.1) is 44.1 Å². The molecule has 3 rings (SSSR count). The number of rotatable bonds is 15. The van der Waals surface area contributed by atoms with Crippen LogP contribution < -0.4 is 10.6 Å². The molecule has 3 saturated heterocycles. The molecule has 0 aromatic heterocycles. The minimum Gasteiger partial charge on any atom is -0.477 e. The summed E-state index contributed by atoms with van der Waals surface area (Å²) in [7, 11) is 0. The van der Waals surface area contributed by atoms with E-state index in [0.29, 0.717) is 0 Å². The van der Waals surface area contributed by atoms with E-state index in [4.69, 9.17) is 23.7 Å². The zero-order valence-electron chi connectivity index (χ0n) is 27.7. The minimum absolute atomic E-state index is 0.800. The summed E-state index contributed by atoms with van der Waals surface area (Å²) in [5, 5.41) is 139. The van der Waals surface area contributed by atoms with Crippen LogP contribution in [0.25, 0.3) is 0 Å². The lowest BCUT2D eigenvalue weighted by Crippen LogP contribution is -2.70. The third kappa shape index (κ3) is 9.30. The van der Waals surface area contributed by atoms with Crippen LogP contribution in [0.4, 0.5) is 0 Å². The Morgan fingerprint density at radius 1 is 0.731 bits per heavy atom. The third-order valence-corrected chi connectivity index (χ3v) is 8.86. The molecule has 17 atom stereocenters. The van der Waals surface area contributed by atoms with Crippen molar-refractivity contribution in [1.82, 2.24) is 10.6 Å². The fourth-order valence-electron chi connectivity index (χ4n) is 6.16. The van der Waals surface area contributed by atoms with E-state index in [9.17, 15) is 85.6 Å². The van der Waals surface area contributed by atoms with E-state index in [0.717, 1.165) is 13.8 Å². The molecule has 2 amide bonds. The molecular formula is C28H46N2O22. The summed E-state index contributed by atoms with van der Waals surface area (Å²) in [6.07, 6.45) is -28.8. The summed E-state index contributed by atoms with van der Waals surface area (Å²) in [4.78, 5) is 49.2. The topological polar surface area (TPSA) is 401 Å². The first kappa shape index (κ1) is 43.6. The number of ether oxygens (including phenoxy) is 5. The monoisotopic (exact) mass is 762 g/mol. The third-order valence-electron chi connectivity index (χ3n) is 8.86. The molecule has 3 heterocycles. The van der Waals surface area contributed by atoms with Crippen LogP contribution in [0, 0.1) is 0 Å². The second-order valence-electron chi connectivity index (χ2n) is 12.7. The molecule has 0 saturated carbocycles. The standard InChI is InChI=1S/C28H46N2O22/c1-8(33)29-15-11(36)4-28(26(46)47,52-22(15)17(38)12(37)5-31)50-13(6-32)19(40)23-16(30-9(2)34)10(35)3-27(51-23,25(44)45)48-7-14-18(39)20(41)21(42)24(43)49-14/h10-24,31-32,35-43H,3-7H2,1-2H3,(H,29,33)(H,30,34)(H,44,45)(H,46,47)/t10-,11-,12+,13+,14+,15+,16+,17+,18+,19+,20-,21+,22+,23+,24+,27+,28+/m0/s1. The summed E-state index contributed by atoms with van der Waals surface area (Å²) in [5.74, 6) is -11.8. The summed E-state index contributed by atoms with van der Waals surface area (Å²) < 4.78 is 26.9. The highest BCUT2D eigenvalue weighted by molar-refractivity contribution is 5.77. The van der Waals surface area contributed by atoms with Crippen LogP contribution in [0.5, 0.6) is 0 Å². The van der Waals surface area contributed by atoms with Crippen LogP contribution in [0.2, 0.25) is 0 Å². The maximum absolute atomic E-state index is 12.7. The zero-order chi connectivity index (χ0) is 39.5. The summed E-state index contributed by atoms with van der Waals surface area (Å²) >= 11 is 0. The van der Waals surface area contributed by atoms with Gasteiger partial charge < -0.3 is 101 Å². The van der Waals surface area contributed by atoms with Gasteiger partial charge in [0.25, 0.3) is 11.6 Å². The molecule has 3 fully saturated rings. The Morgan fingerprint density at radius 2 is 1.21 bits per heavy atom. The number of aliphatic hydroxyl groups is 11. The van der Waals surface area contributed by atoms with E-state index in [1.807, 2.05) is 0 Å². The zero-order valence-corrected chi connectivity index (χ0v) is 27.7. The van der Waals surface area contributed by atoms with E-state index in [1.54, 1.807) is 0 Å². The van der Waals surface area contributed by atoms with Gasteiger partial charge in [0.2, 0.25) is 11.8 Å². The van der Waals surface area contributed by atoms with Crippen molar-refractivity contribution in [3.8, 4) is 0 Å². The van der Waals surface area contributed by atoms with Crippen molar-refractivity contribution < 1.29 is 109 Å². The number of nitrogens with one attached hydrogen (secondary N) is 2. The summed E-state index contributed by atoms with van der Waals surface area (Å²) in [6, 6.07) is -3.36. The van der Waals surface area contributed by atoms with Crippen molar-refractivity contribution in [3.63, 3.8) is 0 Å². The number of aliphatic carboxylic acids is 2. The lowest BCUT2D eigenvalue weighted by molar-refractivity contribution is -0.351. The Morgan fingerprint density at radius 3 is 1.67 bits per heavy atom. The smallest absolute Gasteiger partial charge is 0.364 e. The van der Waals surface area contributed by atoms with Crippen LogP contribution in [-0.2, 0) is 42.9 Å². The van der Waals surface area contributed by atoms with Crippen LogP contribution in [-0.4, -0.2) is 213 Å². The minimum atomic E-state index is -3.14. The quantitative estimate of drug-likeness (QED) is 0.0736. The van der Waals surface area contributed by atoms with Crippen LogP contribution in [0.3, 0.4) is 0 Å². The van der Waals surface area contributed by atoms with Crippen molar-refractivity contribution in [2.45, 2.75) is 130 Å². The molecule has 24 nitrogen and oxygen atoms in total. The number of carbonyl (C=O) groups is 4. The Kier molecular flexibility index (Phi) is 14.8. The van der Waals surface area contributed by atoms with Gasteiger partial charge in [0.15, 0.2) is 6.29 Å². The van der Waals surface area contributed by atoms with Crippen molar-refractivity contribution >= 4 is 23.8 Å². The van der Waals surface area contributed by atoms with Gasteiger partial charge >= 0.3 is 11.9 Å². The molecule has 300 valence electrons. The number of carboxylic acids is 2. The average molecular weight is 763 g/mol. The highest BCUT2D eigenvalue weighted by Gasteiger charge is 2.60. The molecule has 0 unspecified atom stereocenters. The van der Waals surface area contributed by atoms with Crippen molar-refractivity contribution in [3.05, 3.63) is 0 Å². The van der Waals surface area contributed by atoms with Crippen LogP contribution in [0.1, 0.15) is 26.7 Å². The van der Waals surface area contributed by atoms with Crippen molar-refractivity contribution in [2.75, 3.05) is 19.8 Å². The van der Waals surface area contributed by atoms with Crippen LogP contribution >= 0.6 is 0 Å².